The van der Waals surface area contributed by atoms with Crippen molar-refractivity contribution in [1.82, 2.24) is 14.7 Å². The van der Waals surface area contributed by atoms with Gasteiger partial charge in [0.1, 0.15) is 0 Å². The first kappa shape index (κ1) is 12.1. The van der Waals surface area contributed by atoms with Crippen molar-refractivity contribution in [2.24, 2.45) is 13.0 Å². The third-order valence-electron chi connectivity index (χ3n) is 3.12. The number of aryl methyl sites for hydroxylation is 1. The summed E-state index contributed by atoms with van der Waals surface area (Å²) < 4.78 is 6.99. The number of ether oxygens (including phenoxy) is 1. The second kappa shape index (κ2) is 4.85. The van der Waals surface area contributed by atoms with Crippen molar-refractivity contribution >= 4 is 5.97 Å². The van der Waals surface area contributed by atoms with Crippen LogP contribution >= 0.6 is 0 Å². The molecule has 2 atom stereocenters. The number of carbonyl (C=O) groups is 1. The number of rotatable bonds is 4. The Labute approximate surface area is 99.8 Å². The van der Waals surface area contributed by atoms with Gasteiger partial charge in [0.15, 0.2) is 0 Å². The molecule has 0 bridgehead atoms. The van der Waals surface area contributed by atoms with Gasteiger partial charge in [0.25, 0.3) is 0 Å². The molecule has 94 valence electrons. The largest absolute Gasteiger partial charge is 0.481 e. The molecule has 0 radical (unpaired) electrons. The van der Waals surface area contributed by atoms with Crippen LogP contribution in [0, 0.1) is 5.92 Å². The molecule has 2 heterocycles. The van der Waals surface area contributed by atoms with Gasteiger partial charge in [-0.1, -0.05) is 0 Å². The van der Waals surface area contributed by atoms with E-state index in [0.717, 1.165) is 5.56 Å². The SMILES string of the molecule is CN(Cc1cnn(C)c1)C1COCC1C(=O)O. The Balaban J connectivity index is 1.99. The molecule has 0 spiro atoms. The molecule has 1 aliphatic rings. The van der Waals surface area contributed by atoms with Gasteiger partial charge in [-0.15, -0.1) is 0 Å². The smallest absolute Gasteiger partial charge is 0.310 e. The average Bonchev–Trinajstić information content (AvgIpc) is 2.86. The highest BCUT2D eigenvalue weighted by Gasteiger charge is 2.36. The predicted octanol–water partition coefficient (Wildman–Crippen LogP) is -0.0485. The molecule has 1 N–H and O–H groups in total. The second-order valence-corrected chi connectivity index (χ2v) is 4.49. The third kappa shape index (κ3) is 2.65. The average molecular weight is 239 g/mol. The van der Waals surface area contributed by atoms with Crippen molar-refractivity contribution in [2.45, 2.75) is 12.6 Å². The van der Waals surface area contributed by atoms with Crippen molar-refractivity contribution in [2.75, 3.05) is 20.3 Å². The Morgan fingerprint density at radius 3 is 3.06 bits per heavy atom. The van der Waals surface area contributed by atoms with Crippen LogP contribution in [0.1, 0.15) is 5.56 Å². The zero-order valence-electron chi connectivity index (χ0n) is 10.0. The van der Waals surface area contributed by atoms with E-state index in [0.29, 0.717) is 19.8 Å². The Morgan fingerprint density at radius 2 is 2.47 bits per heavy atom. The first-order valence-corrected chi connectivity index (χ1v) is 5.56. The summed E-state index contributed by atoms with van der Waals surface area (Å²) in [5.74, 6) is -1.22. The van der Waals surface area contributed by atoms with Crippen LogP contribution in [0.15, 0.2) is 12.4 Å². The molecule has 2 unspecified atom stereocenters. The maximum absolute atomic E-state index is 11.0. The Kier molecular flexibility index (Phi) is 3.44. The fourth-order valence-electron chi connectivity index (χ4n) is 2.17. The van der Waals surface area contributed by atoms with Crippen LogP contribution in [-0.4, -0.2) is 52.1 Å². The number of carboxylic acids is 1. The molecule has 1 aromatic rings. The van der Waals surface area contributed by atoms with Crippen molar-refractivity contribution in [3.63, 3.8) is 0 Å². The quantitative estimate of drug-likeness (QED) is 0.798. The monoisotopic (exact) mass is 239 g/mol. The highest BCUT2D eigenvalue weighted by molar-refractivity contribution is 5.71. The lowest BCUT2D eigenvalue weighted by molar-refractivity contribution is -0.143. The van der Waals surface area contributed by atoms with Gasteiger partial charge in [-0.25, -0.2) is 0 Å². The van der Waals surface area contributed by atoms with Gasteiger partial charge in [0, 0.05) is 31.4 Å². The number of hydrogen-bond acceptors (Lipinski definition) is 4. The topological polar surface area (TPSA) is 67.6 Å². The maximum atomic E-state index is 11.0. The van der Waals surface area contributed by atoms with Gasteiger partial charge >= 0.3 is 5.97 Å². The van der Waals surface area contributed by atoms with Crippen molar-refractivity contribution in [1.29, 1.82) is 0 Å². The number of carboxylic acid groups (broad SMARTS) is 1. The van der Waals surface area contributed by atoms with Crippen LogP contribution in [0.3, 0.4) is 0 Å². The van der Waals surface area contributed by atoms with E-state index in [1.54, 1.807) is 10.9 Å². The van der Waals surface area contributed by atoms with Gasteiger partial charge in [-0.05, 0) is 7.05 Å². The Morgan fingerprint density at radius 1 is 1.71 bits per heavy atom. The summed E-state index contributed by atoms with van der Waals surface area (Å²) in [5, 5.41) is 13.2. The molecule has 1 fully saturated rings. The molecule has 1 aromatic heterocycles. The highest BCUT2D eigenvalue weighted by Crippen LogP contribution is 2.20. The zero-order chi connectivity index (χ0) is 12.4. The maximum Gasteiger partial charge on any atom is 0.310 e. The summed E-state index contributed by atoms with van der Waals surface area (Å²) in [6.07, 6.45) is 3.73. The first-order valence-electron chi connectivity index (χ1n) is 5.56. The van der Waals surface area contributed by atoms with E-state index in [1.807, 2.05) is 25.2 Å². The number of nitrogens with zero attached hydrogens (tertiary/aromatic N) is 3. The normalized spacial score (nSPS) is 24.4. The molecule has 0 saturated carbocycles. The zero-order valence-corrected chi connectivity index (χ0v) is 10.0. The van der Waals surface area contributed by atoms with Crippen LogP contribution in [0.4, 0.5) is 0 Å². The van der Waals surface area contributed by atoms with Crippen molar-refractivity contribution in [3.8, 4) is 0 Å². The highest BCUT2D eigenvalue weighted by atomic mass is 16.5. The predicted molar refractivity (Wildman–Crippen MR) is 60.4 cm³/mol. The molecule has 6 heteroatoms. The Hall–Kier alpha value is -1.40. The number of aliphatic carboxylic acids is 1. The van der Waals surface area contributed by atoms with Crippen molar-refractivity contribution < 1.29 is 14.6 Å². The van der Waals surface area contributed by atoms with E-state index in [1.165, 1.54) is 0 Å². The molecular weight excluding hydrogens is 222 g/mol. The summed E-state index contributed by atoms with van der Waals surface area (Å²) in [5.41, 5.74) is 1.08. The van der Waals surface area contributed by atoms with Gasteiger partial charge in [-0.3, -0.25) is 14.4 Å². The molecule has 0 amide bonds. The van der Waals surface area contributed by atoms with Gasteiger partial charge in [0.2, 0.25) is 0 Å². The molecular formula is C11H17N3O3. The minimum Gasteiger partial charge on any atom is -0.481 e. The summed E-state index contributed by atoms with van der Waals surface area (Å²) in [6, 6.07) is -0.0623. The van der Waals surface area contributed by atoms with Gasteiger partial charge in [0.05, 0.1) is 25.3 Å². The number of hydrogen-bond donors (Lipinski definition) is 1. The lowest BCUT2D eigenvalue weighted by Gasteiger charge is -2.25. The van der Waals surface area contributed by atoms with Crippen LogP contribution in [0.2, 0.25) is 0 Å². The number of aromatic nitrogens is 2. The molecule has 1 saturated heterocycles. The molecule has 0 aromatic carbocycles. The van der Waals surface area contributed by atoms with Gasteiger partial charge < -0.3 is 9.84 Å². The van der Waals surface area contributed by atoms with Crippen molar-refractivity contribution in [3.05, 3.63) is 18.0 Å². The fraction of sp³-hybridized carbons (Fsp3) is 0.636. The summed E-state index contributed by atoms with van der Waals surface area (Å²) in [7, 11) is 3.78. The van der Waals surface area contributed by atoms with Crippen LogP contribution in [0.25, 0.3) is 0 Å². The molecule has 2 rings (SSSR count). The molecule has 6 nitrogen and oxygen atoms in total. The number of likely N-dealkylation sites (N-methyl/N-ethyl adjacent to an activating group) is 1. The summed E-state index contributed by atoms with van der Waals surface area (Å²) >= 11 is 0. The lowest BCUT2D eigenvalue weighted by Crippen LogP contribution is -2.40. The van der Waals surface area contributed by atoms with E-state index in [2.05, 4.69) is 5.10 Å². The second-order valence-electron chi connectivity index (χ2n) is 4.49. The molecule has 17 heavy (non-hydrogen) atoms. The van der Waals surface area contributed by atoms with E-state index >= 15 is 0 Å². The fourth-order valence-corrected chi connectivity index (χ4v) is 2.17. The third-order valence-corrected chi connectivity index (χ3v) is 3.12. The van der Waals surface area contributed by atoms with E-state index in [9.17, 15) is 4.79 Å². The Bertz CT molecular complexity index is 404. The van der Waals surface area contributed by atoms with E-state index in [-0.39, 0.29) is 6.04 Å². The van der Waals surface area contributed by atoms with Crippen LogP contribution in [-0.2, 0) is 23.1 Å². The van der Waals surface area contributed by atoms with Crippen LogP contribution in [0.5, 0.6) is 0 Å². The van der Waals surface area contributed by atoms with E-state index < -0.39 is 11.9 Å². The first-order chi connectivity index (χ1) is 8.08. The standard InChI is InChI=1S/C11H17N3O3/c1-13(4-8-3-12-14(2)5-8)10-7-17-6-9(10)11(15)16/h3,5,9-10H,4,6-7H2,1-2H3,(H,15,16). The summed E-state index contributed by atoms with van der Waals surface area (Å²) in [6.45, 7) is 1.47. The minimum absolute atomic E-state index is 0.0623. The van der Waals surface area contributed by atoms with E-state index in [4.69, 9.17) is 9.84 Å². The van der Waals surface area contributed by atoms with Crippen LogP contribution < -0.4 is 0 Å². The molecule has 0 aliphatic carbocycles. The molecule has 1 aliphatic heterocycles. The van der Waals surface area contributed by atoms with Gasteiger partial charge in [-0.2, -0.15) is 5.10 Å². The summed E-state index contributed by atoms with van der Waals surface area (Å²) in [4.78, 5) is 13.1. The lowest BCUT2D eigenvalue weighted by atomic mass is 10.0. The minimum atomic E-state index is -0.787.